The monoisotopic (exact) mass is 301 g/mol. The summed E-state index contributed by atoms with van der Waals surface area (Å²) < 4.78 is 6.11. The van der Waals surface area contributed by atoms with Crippen LogP contribution < -0.4 is 0 Å². The van der Waals surface area contributed by atoms with Crippen molar-refractivity contribution in [2.45, 2.75) is 59.2 Å². The summed E-state index contributed by atoms with van der Waals surface area (Å²) in [6, 6.07) is 10.5. The molecule has 120 valence electrons. The van der Waals surface area contributed by atoms with E-state index in [0.29, 0.717) is 6.61 Å². The van der Waals surface area contributed by atoms with Crippen LogP contribution in [0, 0.1) is 10.8 Å². The van der Waals surface area contributed by atoms with Gasteiger partial charge in [-0.3, -0.25) is 4.79 Å². The van der Waals surface area contributed by atoms with Crippen molar-refractivity contribution in [3.05, 3.63) is 35.9 Å². The molecule has 0 aliphatic carbocycles. The van der Waals surface area contributed by atoms with Crippen LogP contribution >= 0.6 is 0 Å². The fourth-order valence-electron chi connectivity index (χ4n) is 4.14. The van der Waals surface area contributed by atoms with Crippen molar-refractivity contribution >= 4 is 5.91 Å². The molecule has 0 N–H and O–H groups in total. The fourth-order valence-corrected chi connectivity index (χ4v) is 4.14. The van der Waals surface area contributed by atoms with E-state index in [9.17, 15) is 4.79 Å². The minimum atomic E-state index is -0.446. The number of hydrogen-bond acceptors (Lipinski definition) is 2. The number of fused-ring (bicyclic) bond motifs is 1. The second kappa shape index (κ2) is 4.82. The van der Waals surface area contributed by atoms with Gasteiger partial charge in [-0.1, -0.05) is 58.0 Å². The van der Waals surface area contributed by atoms with Gasteiger partial charge in [0, 0.05) is 6.42 Å². The van der Waals surface area contributed by atoms with Gasteiger partial charge in [-0.2, -0.15) is 0 Å². The van der Waals surface area contributed by atoms with Crippen molar-refractivity contribution < 1.29 is 9.53 Å². The Labute approximate surface area is 133 Å². The molecule has 3 nitrogen and oxygen atoms in total. The van der Waals surface area contributed by atoms with Gasteiger partial charge in [-0.25, -0.2) is 0 Å². The summed E-state index contributed by atoms with van der Waals surface area (Å²) in [4.78, 5) is 15.3. The predicted molar refractivity (Wildman–Crippen MR) is 87.3 cm³/mol. The third-order valence-corrected chi connectivity index (χ3v) is 5.26. The first-order valence-corrected chi connectivity index (χ1v) is 8.17. The zero-order chi connectivity index (χ0) is 16.2. The number of nitrogens with zero attached hydrogens (tertiary/aromatic N) is 1. The molecule has 2 heterocycles. The fraction of sp³-hybridized carbons (Fsp3) is 0.632. The summed E-state index contributed by atoms with van der Waals surface area (Å²) in [5.74, 6) is 0.247. The number of amides is 1. The normalized spacial score (nSPS) is 35.0. The molecule has 2 saturated heterocycles. The van der Waals surface area contributed by atoms with Crippen LogP contribution in [0.15, 0.2) is 30.3 Å². The molecule has 3 atom stereocenters. The topological polar surface area (TPSA) is 29.5 Å². The largest absolute Gasteiger partial charge is 0.354 e. The lowest BCUT2D eigenvalue weighted by Gasteiger charge is -2.36. The molecule has 3 rings (SSSR count). The molecule has 1 aromatic rings. The molecule has 0 bridgehead atoms. The lowest BCUT2D eigenvalue weighted by Crippen LogP contribution is -2.49. The second-order valence-electron chi connectivity index (χ2n) is 8.44. The Hall–Kier alpha value is -1.35. The Morgan fingerprint density at radius 3 is 2.45 bits per heavy atom. The van der Waals surface area contributed by atoms with E-state index >= 15 is 0 Å². The van der Waals surface area contributed by atoms with Crippen LogP contribution in [0.3, 0.4) is 0 Å². The van der Waals surface area contributed by atoms with Gasteiger partial charge in [0.05, 0.1) is 18.1 Å². The first kappa shape index (κ1) is 15.5. The summed E-state index contributed by atoms with van der Waals surface area (Å²) in [5.41, 5.74) is 0.430. The predicted octanol–water partition coefficient (Wildman–Crippen LogP) is 3.63. The molecule has 2 fully saturated rings. The molecule has 0 saturated carbocycles. The van der Waals surface area contributed by atoms with Crippen LogP contribution in [-0.2, 0) is 16.0 Å². The standard InChI is InChI=1S/C19H27NO2/c1-17(2,3)15-12-22-19(5)13-18(4,16(21)20(15)19)11-14-9-7-6-8-10-14/h6-10,15H,11-13H2,1-5H3/t15-,18+,19-/m1/s1. The van der Waals surface area contributed by atoms with Gasteiger partial charge in [0.15, 0.2) is 0 Å². The third kappa shape index (κ3) is 2.36. The zero-order valence-corrected chi connectivity index (χ0v) is 14.3. The Morgan fingerprint density at radius 2 is 1.86 bits per heavy atom. The van der Waals surface area contributed by atoms with E-state index in [-0.39, 0.29) is 22.8 Å². The van der Waals surface area contributed by atoms with Crippen LogP contribution in [0.2, 0.25) is 0 Å². The van der Waals surface area contributed by atoms with E-state index in [4.69, 9.17) is 4.74 Å². The van der Waals surface area contributed by atoms with Gasteiger partial charge in [-0.05, 0) is 24.3 Å². The molecule has 1 aromatic carbocycles. The van der Waals surface area contributed by atoms with Crippen LogP contribution in [-0.4, -0.2) is 29.2 Å². The summed E-state index contributed by atoms with van der Waals surface area (Å²) in [6.45, 7) is 11.4. The van der Waals surface area contributed by atoms with Gasteiger partial charge in [0.25, 0.3) is 0 Å². The Kier molecular flexibility index (Phi) is 3.41. The van der Waals surface area contributed by atoms with Crippen molar-refractivity contribution in [1.82, 2.24) is 4.90 Å². The van der Waals surface area contributed by atoms with Gasteiger partial charge in [-0.15, -0.1) is 0 Å². The molecule has 2 aliphatic heterocycles. The maximum absolute atomic E-state index is 13.2. The molecule has 2 aliphatic rings. The van der Waals surface area contributed by atoms with Crippen molar-refractivity contribution in [2.24, 2.45) is 10.8 Å². The SMILES string of the molecule is CC(C)(C)[C@H]1CO[C@]2(C)C[C@](C)(Cc3ccccc3)C(=O)N12. The quantitative estimate of drug-likeness (QED) is 0.835. The first-order chi connectivity index (χ1) is 10.2. The molecule has 1 amide bonds. The van der Waals surface area contributed by atoms with Crippen LogP contribution in [0.5, 0.6) is 0 Å². The molecule has 0 spiro atoms. The molecule has 0 radical (unpaired) electrons. The highest BCUT2D eigenvalue weighted by Crippen LogP contribution is 2.51. The second-order valence-corrected chi connectivity index (χ2v) is 8.44. The Bertz CT molecular complexity index is 577. The van der Waals surface area contributed by atoms with Crippen molar-refractivity contribution in [3.63, 3.8) is 0 Å². The molecule has 0 unspecified atom stereocenters. The number of carbonyl (C=O) groups is 1. The summed E-state index contributed by atoms with van der Waals surface area (Å²) >= 11 is 0. The lowest BCUT2D eigenvalue weighted by atomic mass is 9.80. The van der Waals surface area contributed by atoms with E-state index in [0.717, 1.165) is 12.8 Å². The van der Waals surface area contributed by atoms with E-state index < -0.39 is 5.72 Å². The van der Waals surface area contributed by atoms with Gasteiger partial charge < -0.3 is 9.64 Å². The molecule has 3 heteroatoms. The minimum absolute atomic E-state index is 0.0332. The lowest BCUT2D eigenvalue weighted by molar-refractivity contribution is -0.142. The smallest absolute Gasteiger partial charge is 0.231 e. The van der Waals surface area contributed by atoms with Crippen molar-refractivity contribution in [3.8, 4) is 0 Å². The molecule has 22 heavy (non-hydrogen) atoms. The van der Waals surface area contributed by atoms with Crippen LogP contribution in [0.1, 0.15) is 46.6 Å². The van der Waals surface area contributed by atoms with E-state index in [2.05, 4.69) is 46.8 Å². The summed E-state index contributed by atoms with van der Waals surface area (Å²) in [7, 11) is 0. The molecular formula is C19H27NO2. The summed E-state index contributed by atoms with van der Waals surface area (Å²) in [5, 5.41) is 0. The maximum Gasteiger partial charge on any atom is 0.231 e. The van der Waals surface area contributed by atoms with Crippen molar-refractivity contribution in [2.75, 3.05) is 6.61 Å². The number of hydrogen-bond donors (Lipinski definition) is 0. The van der Waals surface area contributed by atoms with Crippen LogP contribution in [0.4, 0.5) is 0 Å². The zero-order valence-electron chi connectivity index (χ0n) is 14.3. The van der Waals surface area contributed by atoms with E-state index in [1.54, 1.807) is 0 Å². The molecule has 0 aromatic heterocycles. The molecular weight excluding hydrogens is 274 g/mol. The highest BCUT2D eigenvalue weighted by Gasteiger charge is 2.62. The number of ether oxygens (including phenoxy) is 1. The third-order valence-electron chi connectivity index (χ3n) is 5.26. The minimum Gasteiger partial charge on any atom is -0.354 e. The van der Waals surface area contributed by atoms with Crippen molar-refractivity contribution in [1.29, 1.82) is 0 Å². The van der Waals surface area contributed by atoms with Crippen LogP contribution in [0.25, 0.3) is 0 Å². The average molecular weight is 301 g/mol. The first-order valence-electron chi connectivity index (χ1n) is 8.17. The Morgan fingerprint density at radius 1 is 1.23 bits per heavy atom. The number of rotatable bonds is 2. The van der Waals surface area contributed by atoms with Gasteiger partial charge in [0.2, 0.25) is 5.91 Å². The number of carbonyl (C=O) groups excluding carboxylic acids is 1. The Balaban J connectivity index is 1.90. The van der Waals surface area contributed by atoms with Gasteiger partial charge in [0.1, 0.15) is 5.72 Å². The maximum atomic E-state index is 13.2. The average Bonchev–Trinajstić information content (AvgIpc) is 2.83. The highest BCUT2D eigenvalue weighted by molar-refractivity contribution is 5.86. The van der Waals surface area contributed by atoms with Gasteiger partial charge >= 0.3 is 0 Å². The number of benzene rings is 1. The van der Waals surface area contributed by atoms with E-state index in [1.165, 1.54) is 5.56 Å². The van der Waals surface area contributed by atoms with E-state index in [1.807, 2.05) is 23.1 Å². The summed E-state index contributed by atoms with van der Waals surface area (Å²) in [6.07, 6.45) is 1.54. The highest BCUT2D eigenvalue weighted by atomic mass is 16.5.